The highest BCUT2D eigenvalue weighted by Crippen LogP contribution is 2.26. The standard InChI is InChI=1S/C21H22ClN3O/c22-18-6-2-4-8-20(18)24-13-15-25(16-14-24)21(26)10-12-23-11-9-17-5-1-3-7-19(17)23/h1-9,11H,10,12-16H2. The molecule has 134 valence electrons. The monoisotopic (exact) mass is 367 g/mol. The van der Waals surface area contributed by atoms with Gasteiger partial charge in [0.15, 0.2) is 0 Å². The van der Waals surface area contributed by atoms with E-state index in [4.69, 9.17) is 11.6 Å². The summed E-state index contributed by atoms with van der Waals surface area (Å²) in [5.41, 5.74) is 2.24. The molecule has 1 amide bonds. The number of nitrogens with zero attached hydrogens (tertiary/aromatic N) is 3. The lowest BCUT2D eigenvalue weighted by atomic mass is 10.2. The number of anilines is 1. The third kappa shape index (κ3) is 3.42. The first kappa shape index (κ1) is 17.0. The van der Waals surface area contributed by atoms with Crippen LogP contribution in [0.15, 0.2) is 60.8 Å². The summed E-state index contributed by atoms with van der Waals surface area (Å²) in [6, 6.07) is 18.3. The molecule has 1 saturated heterocycles. The van der Waals surface area contributed by atoms with Gasteiger partial charge in [-0.3, -0.25) is 4.79 Å². The minimum absolute atomic E-state index is 0.224. The molecule has 0 aliphatic carbocycles. The number of rotatable bonds is 4. The molecular weight excluding hydrogens is 346 g/mol. The van der Waals surface area contributed by atoms with Gasteiger partial charge in [0.2, 0.25) is 5.91 Å². The average molecular weight is 368 g/mol. The SMILES string of the molecule is O=C(CCn1ccc2ccccc21)N1CCN(c2ccccc2Cl)CC1. The molecule has 2 heterocycles. The molecule has 3 aromatic rings. The van der Waals surface area contributed by atoms with Crippen molar-refractivity contribution in [2.75, 3.05) is 31.1 Å². The normalized spacial score (nSPS) is 14.8. The van der Waals surface area contributed by atoms with Crippen LogP contribution in [0.25, 0.3) is 10.9 Å². The summed E-state index contributed by atoms with van der Waals surface area (Å²) in [4.78, 5) is 16.8. The Labute approximate surface area is 158 Å². The molecule has 0 atom stereocenters. The summed E-state index contributed by atoms with van der Waals surface area (Å²) < 4.78 is 2.16. The van der Waals surface area contributed by atoms with Gasteiger partial charge in [-0.15, -0.1) is 0 Å². The van der Waals surface area contributed by atoms with Crippen molar-refractivity contribution < 1.29 is 4.79 Å². The molecule has 5 heteroatoms. The van der Waals surface area contributed by atoms with Crippen LogP contribution in [0.5, 0.6) is 0 Å². The fraction of sp³-hybridized carbons (Fsp3) is 0.286. The van der Waals surface area contributed by atoms with Crippen LogP contribution in [-0.4, -0.2) is 41.6 Å². The van der Waals surface area contributed by atoms with Gasteiger partial charge < -0.3 is 14.4 Å². The lowest BCUT2D eigenvalue weighted by Crippen LogP contribution is -2.49. The Balaban J connectivity index is 1.33. The zero-order valence-electron chi connectivity index (χ0n) is 14.6. The fourth-order valence-corrected chi connectivity index (χ4v) is 3.87. The minimum Gasteiger partial charge on any atom is -0.367 e. The Kier molecular flexibility index (Phi) is 4.85. The van der Waals surface area contributed by atoms with Gasteiger partial charge >= 0.3 is 0 Å². The zero-order chi connectivity index (χ0) is 17.9. The summed E-state index contributed by atoms with van der Waals surface area (Å²) in [6.07, 6.45) is 2.60. The van der Waals surface area contributed by atoms with E-state index < -0.39 is 0 Å². The Morgan fingerprint density at radius 1 is 0.923 bits per heavy atom. The second-order valence-electron chi connectivity index (χ2n) is 6.64. The van der Waals surface area contributed by atoms with E-state index in [-0.39, 0.29) is 5.91 Å². The van der Waals surface area contributed by atoms with E-state index in [1.807, 2.05) is 41.3 Å². The third-order valence-electron chi connectivity index (χ3n) is 5.07. The first-order chi connectivity index (χ1) is 12.7. The molecule has 4 rings (SSSR count). The first-order valence-corrected chi connectivity index (χ1v) is 9.41. The van der Waals surface area contributed by atoms with Crippen LogP contribution in [0.1, 0.15) is 6.42 Å². The molecule has 1 aliphatic heterocycles. The number of piperazine rings is 1. The molecule has 1 aromatic heterocycles. The average Bonchev–Trinajstić information content (AvgIpc) is 3.10. The molecule has 1 fully saturated rings. The number of amides is 1. The van der Waals surface area contributed by atoms with E-state index in [1.165, 1.54) is 10.9 Å². The second-order valence-corrected chi connectivity index (χ2v) is 7.04. The van der Waals surface area contributed by atoms with Crippen molar-refractivity contribution in [1.29, 1.82) is 0 Å². The van der Waals surface area contributed by atoms with Crippen molar-refractivity contribution in [3.63, 3.8) is 0 Å². The summed E-state index contributed by atoms with van der Waals surface area (Å²) >= 11 is 6.29. The zero-order valence-corrected chi connectivity index (χ0v) is 15.4. The maximum atomic E-state index is 12.6. The number of aryl methyl sites for hydroxylation is 1. The topological polar surface area (TPSA) is 28.5 Å². The van der Waals surface area contributed by atoms with Crippen molar-refractivity contribution in [3.8, 4) is 0 Å². The van der Waals surface area contributed by atoms with E-state index in [9.17, 15) is 4.79 Å². The minimum atomic E-state index is 0.224. The number of carbonyl (C=O) groups is 1. The largest absolute Gasteiger partial charge is 0.367 e. The van der Waals surface area contributed by atoms with Crippen LogP contribution in [-0.2, 0) is 11.3 Å². The highest BCUT2D eigenvalue weighted by atomic mass is 35.5. The summed E-state index contributed by atoms with van der Waals surface area (Å²) in [5, 5.41) is 1.99. The molecular formula is C21H22ClN3O. The summed E-state index contributed by atoms with van der Waals surface area (Å²) in [6.45, 7) is 3.86. The number of fused-ring (bicyclic) bond motifs is 1. The number of halogens is 1. The number of aromatic nitrogens is 1. The maximum Gasteiger partial charge on any atom is 0.224 e. The van der Waals surface area contributed by atoms with E-state index in [0.29, 0.717) is 6.42 Å². The van der Waals surface area contributed by atoms with Crippen LogP contribution in [0.4, 0.5) is 5.69 Å². The van der Waals surface area contributed by atoms with Gasteiger partial charge in [-0.1, -0.05) is 41.9 Å². The highest BCUT2D eigenvalue weighted by Gasteiger charge is 2.22. The van der Waals surface area contributed by atoms with E-state index in [2.05, 4.69) is 33.9 Å². The fourth-order valence-electron chi connectivity index (χ4n) is 3.61. The molecule has 2 aromatic carbocycles. The second kappa shape index (κ2) is 7.42. The van der Waals surface area contributed by atoms with Gasteiger partial charge in [0.1, 0.15) is 0 Å². The van der Waals surface area contributed by atoms with Gasteiger partial charge in [-0.2, -0.15) is 0 Å². The Bertz CT molecular complexity index is 912. The molecule has 26 heavy (non-hydrogen) atoms. The Morgan fingerprint density at radius 3 is 2.46 bits per heavy atom. The van der Waals surface area contributed by atoms with Gasteiger partial charge in [0.05, 0.1) is 10.7 Å². The van der Waals surface area contributed by atoms with Gasteiger partial charge in [-0.25, -0.2) is 0 Å². The summed E-state index contributed by atoms with van der Waals surface area (Å²) in [7, 11) is 0. The van der Waals surface area contributed by atoms with Crippen LogP contribution in [0.2, 0.25) is 5.02 Å². The first-order valence-electron chi connectivity index (χ1n) is 9.03. The molecule has 0 spiro atoms. The highest BCUT2D eigenvalue weighted by molar-refractivity contribution is 6.33. The third-order valence-corrected chi connectivity index (χ3v) is 5.39. The van der Waals surface area contributed by atoms with Crippen molar-refractivity contribution >= 4 is 34.1 Å². The molecule has 4 nitrogen and oxygen atoms in total. The maximum absolute atomic E-state index is 12.6. The van der Waals surface area contributed by atoms with Crippen molar-refractivity contribution in [3.05, 3.63) is 65.8 Å². The van der Waals surface area contributed by atoms with Crippen molar-refractivity contribution in [2.45, 2.75) is 13.0 Å². The lowest BCUT2D eigenvalue weighted by Gasteiger charge is -2.36. The lowest BCUT2D eigenvalue weighted by molar-refractivity contribution is -0.131. The van der Waals surface area contributed by atoms with E-state index in [0.717, 1.165) is 43.4 Å². The van der Waals surface area contributed by atoms with Crippen LogP contribution < -0.4 is 4.90 Å². The van der Waals surface area contributed by atoms with E-state index in [1.54, 1.807) is 0 Å². The number of carbonyl (C=O) groups excluding carboxylic acids is 1. The number of hydrogen-bond donors (Lipinski definition) is 0. The number of para-hydroxylation sites is 2. The quantitative estimate of drug-likeness (QED) is 0.696. The van der Waals surface area contributed by atoms with Crippen LogP contribution >= 0.6 is 11.6 Å². The predicted octanol–water partition coefficient (Wildman–Crippen LogP) is 4.03. The van der Waals surface area contributed by atoms with Gasteiger partial charge in [0, 0.05) is 50.9 Å². The number of benzene rings is 2. The molecule has 0 saturated carbocycles. The molecule has 0 unspecified atom stereocenters. The van der Waals surface area contributed by atoms with Gasteiger partial charge in [0.25, 0.3) is 0 Å². The van der Waals surface area contributed by atoms with Crippen LogP contribution in [0, 0.1) is 0 Å². The predicted molar refractivity (Wildman–Crippen MR) is 107 cm³/mol. The van der Waals surface area contributed by atoms with Crippen molar-refractivity contribution in [2.24, 2.45) is 0 Å². The number of hydrogen-bond acceptors (Lipinski definition) is 2. The summed E-state index contributed by atoms with van der Waals surface area (Å²) in [5.74, 6) is 0.224. The molecule has 0 radical (unpaired) electrons. The van der Waals surface area contributed by atoms with Gasteiger partial charge in [-0.05, 0) is 29.7 Å². The molecule has 0 bridgehead atoms. The molecule has 0 N–H and O–H groups in total. The van der Waals surface area contributed by atoms with Crippen molar-refractivity contribution in [1.82, 2.24) is 9.47 Å². The Morgan fingerprint density at radius 2 is 1.65 bits per heavy atom. The van der Waals surface area contributed by atoms with Crippen LogP contribution in [0.3, 0.4) is 0 Å². The van der Waals surface area contributed by atoms with E-state index >= 15 is 0 Å². The molecule has 1 aliphatic rings. The smallest absolute Gasteiger partial charge is 0.224 e. The Hall–Kier alpha value is -2.46.